The fourth-order valence-electron chi connectivity index (χ4n) is 1.88. The summed E-state index contributed by atoms with van der Waals surface area (Å²) in [5, 5.41) is 9.45. The van der Waals surface area contributed by atoms with Crippen LogP contribution < -0.4 is 4.90 Å². The molecule has 0 fully saturated rings. The Hall–Kier alpha value is -0.910. The van der Waals surface area contributed by atoms with Crippen molar-refractivity contribution in [2.45, 2.75) is 26.1 Å². The molecule has 1 aromatic rings. The zero-order valence-electron chi connectivity index (χ0n) is 10.8. The van der Waals surface area contributed by atoms with Gasteiger partial charge in [-0.15, -0.1) is 11.6 Å². The van der Waals surface area contributed by atoms with Crippen molar-refractivity contribution in [3.8, 4) is 6.07 Å². The van der Waals surface area contributed by atoms with Gasteiger partial charge in [0, 0.05) is 29.7 Å². The van der Waals surface area contributed by atoms with Gasteiger partial charge in [-0.25, -0.2) is 0 Å². The van der Waals surface area contributed by atoms with E-state index in [1.807, 2.05) is 18.2 Å². The van der Waals surface area contributed by atoms with Crippen molar-refractivity contribution in [3.63, 3.8) is 0 Å². The van der Waals surface area contributed by atoms with Crippen molar-refractivity contribution >= 4 is 28.9 Å². The molecule has 18 heavy (non-hydrogen) atoms. The Balaban J connectivity index is 3.02. The Kier molecular flexibility index (Phi) is 6.32. The summed E-state index contributed by atoms with van der Waals surface area (Å²) in [5.41, 5.74) is 2.10. The summed E-state index contributed by atoms with van der Waals surface area (Å²) in [5.74, 6) is 0.971. The summed E-state index contributed by atoms with van der Waals surface area (Å²) in [6, 6.07) is 7.91. The Morgan fingerprint density at radius 2 is 2.11 bits per heavy atom. The second kappa shape index (κ2) is 7.51. The van der Waals surface area contributed by atoms with Gasteiger partial charge in [0.05, 0.1) is 12.5 Å². The third kappa shape index (κ3) is 4.40. The van der Waals surface area contributed by atoms with Crippen LogP contribution in [0.25, 0.3) is 0 Å². The van der Waals surface area contributed by atoms with E-state index in [9.17, 15) is 0 Å². The van der Waals surface area contributed by atoms with E-state index in [2.05, 4.69) is 24.8 Å². The lowest BCUT2D eigenvalue weighted by atomic mass is 10.1. The first-order chi connectivity index (χ1) is 8.58. The van der Waals surface area contributed by atoms with Crippen LogP contribution in [0.5, 0.6) is 0 Å². The van der Waals surface area contributed by atoms with Crippen LogP contribution >= 0.6 is 23.2 Å². The molecule has 2 nitrogen and oxygen atoms in total. The van der Waals surface area contributed by atoms with Gasteiger partial charge in [-0.3, -0.25) is 0 Å². The van der Waals surface area contributed by atoms with E-state index in [0.29, 0.717) is 29.8 Å². The van der Waals surface area contributed by atoms with Crippen LogP contribution in [0.15, 0.2) is 18.2 Å². The van der Waals surface area contributed by atoms with E-state index in [1.165, 1.54) is 0 Å². The van der Waals surface area contributed by atoms with Gasteiger partial charge >= 0.3 is 0 Å². The molecule has 0 saturated heterocycles. The summed E-state index contributed by atoms with van der Waals surface area (Å²) in [4.78, 5) is 2.19. The molecular weight excluding hydrogens is 267 g/mol. The average Bonchev–Trinajstić information content (AvgIpc) is 2.34. The standard InChI is InChI=1S/C14H18Cl2N2/c1-11(2)10-18(7-3-6-17)14-8-13(16)5-4-12(14)9-15/h4-5,8,11H,3,7,9-10H2,1-2H3. The molecule has 0 amide bonds. The number of rotatable bonds is 6. The molecule has 0 bridgehead atoms. The summed E-state index contributed by atoms with van der Waals surface area (Å²) in [6.07, 6.45) is 0.501. The largest absolute Gasteiger partial charge is 0.370 e. The minimum absolute atomic E-state index is 0.452. The Labute approximate surface area is 119 Å². The minimum atomic E-state index is 0.452. The second-order valence-electron chi connectivity index (χ2n) is 4.65. The smallest absolute Gasteiger partial charge is 0.0640 e. The van der Waals surface area contributed by atoms with Crippen molar-refractivity contribution in [2.24, 2.45) is 5.92 Å². The fourth-order valence-corrected chi connectivity index (χ4v) is 2.27. The van der Waals surface area contributed by atoms with Crippen LogP contribution in [0.2, 0.25) is 5.02 Å². The second-order valence-corrected chi connectivity index (χ2v) is 5.36. The molecule has 0 radical (unpaired) electrons. The Morgan fingerprint density at radius 3 is 2.67 bits per heavy atom. The van der Waals surface area contributed by atoms with Gasteiger partial charge in [0.25, 0.3) is 0 Å². The van der Waals surface area contributed by atoms with Crippen LogP contribution in [-0.2, 0) is 5.88 Å². The Morgan fingerprint density at radius 1 is 1.39 bits per heavy atom. The highest BCUT2D eigenvalue weighted by Crippen LogP contribution is 2.27. The summed E-state index contributed by atoms with van der Waals surface area (Å²) in [7, 11) is 0. The molecule has 1 rings (SSSR count). The number of nitrogens with zero attached hydrogens (tertiary/aromatic N) is 2. The van der Waals surface area contributed by atoms with E-state index in [0.717, 1.165) is 17.8 Å². The lowest BCUT2D eigenvalue weighted by Crippen LogP contribution is -2.29. The van der Waals surface area contributed by atoms with Crippen molar-refractivity contribution in [2.75, 3.05) is 18.0 Å². The lowest BCUT2D eigenvalue weighted by Gasteiger charge is -2.28. The quantitative estimate of drug-likeness (QED) is 0.722. The molecule has 0 heterocycles. The van der Waals surface area contributed by atoms with Gasteiger partial charge in [-0.2, -0.15) is 5.26 Å². The highest BCUT2D eigenvalue weighted by molar-refractivity contribution is 6.31. The number of hydrogen-bond donors (Lipinski definition) is 0. The molecule has 4 heteroatoms. The summed E-state index contributed by atoms with van der Waals surface area (Å²) >= 11 is 12.0. The van der Waals surface area contributed by atoms with Gasteiger partial charge < -0.3 is 4.90 Å². The number of anilines is 1. The van der Waals surface area contributed by atoms with E-state index in [4.69, 9.17) is 28.5 Å². The number of hydrogen-bond acceptors (Lipinski definition) is 2. The van der Waals surface area contributed by atoms with Crippen molar-refractivity contribution in [1.82, 2.24) is 0 Å². The van der Waals surface area contributed by atoms with Gasteiger partial charge in [-0.1, -0.05) is 31.5 Å². The Bertz CT molecular complexity index is 424. The maximum atomic E-state index is 8.75. The van der Waals surface area contributed by atoms with Crippen LogP contribution in [0.3, 0.4) is 0 Å². The van der Waals surface area contributed by atoms with E-state index in [-0.39, 0.29) is 0 Å². The molecule has 1 aromatic carbocycles. The fraction of sp³-hybridized carbons (Fsp3) is 0.500. The average molecular weight is 285 g/mol. The van der Waals surface area contributed by atoms with Crippen molar-refractivity contribution in [1.29, 1.82) is 5.26 Å². The molecule has 0 atom stereocenters. The number of halogens is 2. The molecule has 0 aliphatic carbocycles. The zero-order chi connectivity index (χ0) is 13.5. The van der Waals surface area contributed by atoms with Gasteiger partial charge in [0.15, 0.2) is 0 Å². The molecular formula is C14H18Cl2N2. The molecule has 0 saturated carbocycles. The molecule has 0 aromatic heterocycles. The van der Waals surface area contributed by atoms with Gasteiger partial charge in [0.2, 0.25) is 0 Å². The van der Waals surface area contributed by atoms with Crippen LogP contribution in [0.4, 0.5) is 5.69 Å². The SMILES string of the molecule is CC(C)CN(CCC#N)c1cc(Cl)ccc1CCl. The normalized spacial score (nSPS) is 10.4. The minimum Gasteiger partial charge on any atom is -0.370 e. The predicted octanol–water partition coefficient (Wildman–Crippen LogP) is 4.45. The monoisotopic (exact) mass is 284 g/mol. The summed E-state index contributed by atoms with van der Waals surface area (Å²) < 4.78 is 0. The lowest BCUT2D eigenvalue weighted by molar-refractivity contribution is 0.611. The first-order valence-electron chi connectivity index (χ1n) is 6.04. The van der Waals surface area contributed by atoms with Crippen molar-refractivity contribution < 1.29 is 0 Å². The molecule has 0 unspecified atom stereocenters. The van der Waals surface area contributed by atoms with Gasteiger partial charge in [0.1, 0.15) is 0 Å². The zero-order valence-corrected chi connectivity index (χ0v) is 12.3. The first-order valence-corrected chi connectivity index (χ1v) is 6.96. The number of benzene rings is 1. The predicted molar refractivity (Wildman–Crippen MR) is 78.3 cm³/mol. The van der Waals surface area contributed by atoms with Crippen molar-refractivity contribution in [3.05, 3.63) is 28.8 Å². The molecule has 0 aliphatic rings. The molecule has 0 aliphatic heterocycles. The maximum Gasteiger partial charge on any atom is 0.0640 e. The molecule has 98 valence electrons. The molecule has 0 N–H and O–H groups in total. The summed E-state index contributed by atoms with van der Waals surface area (Å²) in [6.45, 7) is 5.92. The third-order valence-electron chi connectivity index (χ3n) is 2.61. The number of nitriles is 1. The first kappa shape index (κ1) is 15.1. The van der Waals surface area contributed by atoms with Crippen LogP contribution in [0, 0.1) is 17.2 Å². The highest BCUT2D eigenvalue weighted by atomic mass is 35.5. The highest BCUT2D eigenvalue weighted by Gasteiger charge is 2.12. The van der Waals surface area contributed by atoms with E-state index < -0.39 is 0 Å². The van der Waals surface area contributed by atoms with Crippen LogP contribution in [-0.4, -0.2) is 13.1 Å². The topological polar surface area (TPSA) is 27.0 Å². The van der Waals surface area contributed by atoms with E-state index >= 15 is 0 Å². The number of alkyl halides is 1. The van der Waals surface area contributed by atoms with E-state index in [1.54, 1.807) is 0 Å². The molecule has 0 spiro atoms. The van der Waals surface area contributed by atoms with Crippen LogP contribution in [0.1, 0.15) is 25.8 Å². The third-order valence-corrected chi connectivity index (χ3v) is 3.13. The van der Waals surface area contributed by atoms with Gasteiger partial charge in [-0.05, 0) is 23.6 Å². The maximum absolute atomic E-state index is 8.75.